The number of aromatic nitrogens is 3. The molecule has 2 N–H and O–H groups in total. The lowest BCUT2D eigenvalue weighted by molar-refractivity contribution is 0.0696. The van der Waals surface area contributed by atoms with Gasteiger partial charge in [-0.25, -0.2) is 4.79 Å². The first kappa shape index (κ1) is 13.2. The number of hydrogen-bond donors (Lipinski definition) is 2. The lowest BCUT2D eigenvalue weighted by Crippen LogP contribution is -2.30. The second-order valence-corrected chi connectivity index (χ2v) is 4.35. The van der Waals surface area contributed by atoms with Crippen molar-refractivity contribution < 1.29 is 9.90 Å². The van der Waals surface area contributed by atoms with Crippen LogP contribution >= 0.6 is 0 Å². The maximum atomic E-state index is 10.7. The molecule has 0 saturated carbocycles. The van der Waals surface area contributed by atoms with Crippen LogP contribution in [0.4, 0.5) is 0 Å². The lowest BCUT2D eigenvalue weighted by Gasteiger charge is -2.13. The monoisotopic (exact) mass is 260 g/mol. The van der Waals surface area contributed by atoms with Gasteiger partial charge in [0.15, 0.2) is 0 Å². The van der Waals surface area contributed by atoms with Crippen molar-refractivity contribution in [3.63, 3.8) is 0 Å². The van der Waals surface area contributed by atoms with Gasteiger partial charge >= 0.3 is 5.97 Å². The molecule has 1 unspecified atom stereocenters. The van der Waals surface area contributed by atoms with Crippen LogP contribution in [-0.4, -0.2) is 31.9 Å². The number of rotatable bonds is 6. The number of carboxylic acids is 1. The SMILES string of the molecule is CC(Cn1cccn1)NCc1ccc(C(=O)O)cn1. The second-order valence-electron chi connectivity index (χ2n) is 4.35. The highest BCUT2D eigenvalue weighted by molar-refractivity contribution is 5.87. The van der Waals surface area contributed by atoms with E-state index < -0.39 is 5.97 Å². The Morgan fingerprint density at radius 3 is 2.95 bits per heavy atom. The fourth-order valence-electron chi connectivity index (χ4n) is 1.69. The highest BCUT2D eigenvalue weighted by Crippen LogP contribution is 2.01. The molecule has 0 aliphatic heterocycles. The summed E-state index contributed by atoms with van der Waals surface area (Å²) in [6.07, 6.45) is 5.04. The summed E-state index contributed by atoms with van der Waals surface area (Å²) in [5.41, 5.74) is 1.02. The predicted octanol–water partition coefficient (Wildman–Crippen LogP) is 1.15. The van der Waals surface area contributed by atoms with Gasteiger partial charge in [0.1, 0.15) is 0 Å². The molecule has 0 fully saturated rings. The van der Waals surface area contributed by atoms with Gasteiger partial charge in [-0.1, -0.05) is 0 Å². The highest BCUT2D eigenvalue weighted by Gasteiger charge is 2.05. The van der Waals surface area contributed by atoms with Gasteiger partial charge in [0.2, 0.25) is 0 Å². The number of nitrogens with zero attached hydrogens (tertiary/aromatic N) is 3. The van der Waals surface area contributed by atoms with Gasteiger partial charge in [0.25, 0.3) is 0 Å². The Morgan fingerprint density at radius 2 is 2.37 bits per heavy atom. The van der Waals surface area contributed by atoms with Crippen LogP contribution < -0.4 is 5.32 Å². The standard InChI is InChI=1S/C13H16N4O2/c1-10(9-17-6-2-5-16-17)14-8-12-4-3-11(7-15-12)13(18)19/h2-7,10,14H,8-9H2,1H3,(H,18,19). The zero-order valence-electron chi connectivity index (χ0n) is 10.7. The van der Waals surface area contributed by atoms with E-state index >= 15 is 0 Å². The van der Waals surface area contributed by atoms with Gasteiger partial charge in [-0.15, -0.1) is 0 Å². The molecule has 2 aromatic rings. The first-order chi connectivity index (χ1) is 9.15. The topological polar surface area (TPSA) is 80.0 Å². The van der Waals surface area contributed by atoms with Crippen LogP contribution in [0.25, 0.3) is 0 Å². The second kappa shape index (κ2) is 6.10. The fourth-order valence-corrected chi connectivity index (χ4v) is 1.69. The van der Waals surface area contributed by atoms with Crippen molar-refractivity contribution in [2.45, 2.75) is 26.1 Å². The summed E-state index contributed by atoms with van der Waals surface area (Å²) in [6, 6.07) is 5.42. The molecule has 0 aliphatic rings. The van der Waals surface area contributed by atoms with Gasteiger partial charge in [0.05, 0.1) is 17.8 Å². The third-order valence-electron chi connectivity index (χ3n) is 2.72. The van der Waals surface area contributed by atoms with Gasteiger partial charge in [-0.05, 0) is 25.1 Å². The Labute approximate surface area is 111 Å². The Hall–Kier alpha value is -2.21. The van der Waals surface area contributed by atoms with Crippen molar-refractivity contribution in [1.82, 2.24) is 20.1 Å². The van der Waals surface area contributed by atoms with Crippen molar-refractivity contribution in [3.8, 4) is 0 Å². The van der Waals surface area contributed by atoms with E-state index in [1.54, 1.807) is 18.3 Å². The van der Waals surface area contributed by atoms with Gasteiger partial charge < -0.3 is 10.4 Å². The Bertz CT molecular complexity index is 522. The van der Waals surface area contributed by atoms with Gasteiger partial charge in [-0.3, -0.25) is 9.67 Å². The Kier molecular flexibility index (Phi) is 4.25. The minimum Gasteiger partial charge on any atom is -0.478 e. The summed E-state index contributed by atoms with van der Waals surface area (Å²) in [5.74, 6) is -0.959. The molecule has 1 atom stereocenters. The van der Waals surface area contributed by atoms with Crippen LogP contribution in [0.2, 0.25) is 0 Å². The summed E-state index contributed by atoms with van der Waals surface area (Å²) in [7, 11) is 0. The van der Waals surface area contributed by atoms with E-state index in [1.165, 1.54) is 6.20 Å². The van der Waals surface area contributed by atoms with Gasteiger partial charge in [-0.2, -0.15) is 5.10 Å². The van der Waals surface area contributed by atoms with Crippen LogP contribution in [0.1, 0.15) is 23.0 Å². The first-order valence-corrected chi connectivity index (χ1v) is 6.04. The van der Waals surface area contributed by atoms with Crippen molar-refractivity contribution in [2.75, 3.05) is 0 Å². The molecule has 6 nitrogen and oxygen atoms in total. The smallest absolute Gasteiger partial charge is 0.337 e. The molecule has 0 radical (unpaired) electrons. The summed E-state index contributed by atoms with van der Waals surface area (Å²) in [4.78, 5) is 14.8. The van der Waals surface area contributed by atoms with Crippen LogP contribution in [-0.2, 0) is 13.1 Å². The third-order valence-corrected chi connectivity index (χ3v) is 2.72. The number of hydrogen-bond acceptors (Lipinski definition) is 4. The van der Waals surface area contributed by atoms with E-state index in [9.17, 15) is 4.79 Å². The summed E-state index contributed by atoms with van der Waals surface area (Å²) in [5, 5.41) is 16.2. The number of nitrogens with one attached hydrogen (secondary N) is 1. The maximum Gasteiger partial charge on any atom is 0.337 e. The molecule has 19 heavy (non-hydrogen) atoms. The summed E-state index contributed by atoms with van der Waals surface area (Å²) >= 11 is 0. The number of carbonyl (C=O) groups is 1. The fraction of sp³-hybridized carbons (Fsp3) is 0.308. The zero-order valence-corrected chi connectivity index (χ0v) is 10.7. The largest absolute Gasteiger partial charge is 0.478 e. The molecule has 0 bridgehead atoms. The number of aromatic carboxylic acids is 1. The predicted molar refractivity (Wildman–Crippen MR) is 69.7 cm³/mol. The minimum atomic E-state index is -0.959. The third kappa shape index (κ3) is 3.89. The van der Waals surface area contributed by atoms with Crippen molar-refractivity contribution >= 4 is 5.97 Å². The highest BCUT2D eigenvalue weighted by atomic mass is 16.4. The van der Waals surface area contributed by atoms with Gasteiger partial charge in [0, 0.05) is 31.2 Å². The van der Waals surface area contributed by atoms with Crippen molar-refractivity contribution in [2.24, 2.45) is 0 Å². The summed E-state index contributed by atoms with van der Waals surface area (Å²) in [6.45, 7) is 3.44. The molecular weight excluding hydrogens is 244 g/mol. The molecule has 2 rings (SSSR count). The molecule has 0 saturated heterocycles. The molecule has 0 spiro atoms. The average Bonchev–Trinajstić information content (AvgIpc) is 2.89. The van der Waals surface area contributed by atoms with Crippen LogP contribution in [0, 0.1) is 0 Å². The maximum absolute atomic E-state index is 10.7. The minimum absolute atomic E-state index is 0.202. The molecule has 100 valence electrons. The van der Waals surface area contributed by atoms with Crippen LogP contribution in [0.3, 0.4) is 0 Å². The quantitative estimate of drug-likeness (QED) is 0.814. The molecular formula is C13H16N4O2. The molecule has 0 aliphatic carbocycles. The van der Waals surface area contributed by atoms with E-state index in [0.29, 0.717) is 6.54 Å². The average molecular weight is 260 g/mol. The van der Waals surface area contributed by atoms with Crippen molar-refractivity contribution in [1.29, 1.82) is 0 Å². The lowest BCUT2D eigenvalue weighted by atomic mass is 10.2. The van der Waals surface area contributed by atoms with E-state index in [0.717, 1.165) is 12.2 Å². The van der Waals surface area contributed by atoms with E-state index in [4.69, 9.17) is 5.11 Å². The normalized spacial score (nSPS) is 12.3. The van der Waals surface area contributed by atoms with Crippen LogP contribution in [0.5, 0.6) is 0 Å². The van der Waals surface area contributed by atoms with E-state index in [1.807, 2.05) is 16.9 Å². The number of carboxylic acid groups (broad SMARTS) is 1. The molecule has 0 aromatic carbocycles. The summed E-state index contributed by atoms with van der Waals surface area (Å²) < 4.78 is 1.86. The molecule has 2 aromatic heterocycles. The molecule has 0 amide bonds. The number of pyridine rings is 1. The zero-order chi connectivity index (χ0) is 13.7. The first-order valence-electron chi connectivity index (χ1n) is 6.04. The Balaban J connectivity index is 1.83. The molecule has 6 heteroatoms. The van der Waals surface area contributed by atoms with Crippen molar-refractivity contribution in [3.05, 3.63) is 48.0 Å². The van der Waals surface area contributed by atoms with Crippen LogP contribution in [0.15, 0.2) is 36.8 Å². The van der Waals surface area contributed by atoms with E-state index in [2.05, 4.69) is 22.3 Å². The van der Waals surface area contributed by atoms with E-state index in [-0.39, 0.29) is 11.6 Å². The molecule has 2 heterocycles. The Morgan fingerprint density at radius 1 is 1.53 bits per heavy atom.